The zero-order chi connectivity index (χ0) is 14.7. The van der Waals surface area contributed by atoms with Crippen molar-refractivity contribution in [1.82, 2.24) is 15.1 Å². The smallest absolute Gasteiger partial charge is 0.276 e. The average Bonchev–Trinajstić information content (AvgIpc) is 2.68. The first-order valence-corrected chi connectivity index (χ1v) is 6.86. The van der Waals surface area contributed by atoms with Gasteiger partial charge in [0.2, 0.25) is 0 Å². The van der Waals surface area contributed by atoms with E-state index in [0.717, 1.165) is 12.1 Å². The van der Waals surface area contributed by atoms with Crippen molar-refractivity contribution in [2.45, 2.75) is 53.0 Å². The van der Waals surface area contributed by atoms with Crippen LogP contribution >= 0.6 is 0 Å². The van der Waals surface area contributed by atoms with Crippen LogP contribution in [0.4, 0.5) is 5.69 Å². The summed E-state index contributed by atoms with van der Waals surface area (Å²) in [4.78, 5) is 14.1. The maximum absolute atomic E-state index is 12.4. The molecule has 1 amide bonds. The molecule has 0 bridgehead atoms. The number of nitrogens with zero attached hydrogens (tertiary/aromatic N) is 2. The standard InChI is InChI=1S/C14H26N4O/c1-8(2)7-10(5)18(6)14(19)13-11(15)12(9(3)4)16-17-13/h8-10H,7,15H2,1-6H3,(H,16,17). The molecule has 1 unspecified atom stereocenters. The Bertz CT molecular complexity index is 437. The van der Waals surface area contributed by atoms with Gasteiger partial charge in [-0.05, 0) is 25.2 Å². The maximum atomic E-state index is 12.4. The average molecular weight is 266 g/mol. The van der Waals surface area contributed by atoms with Gasteiger partial charge in [-0.1, -0.05) is 27.7 Å². The van der Waals surface area contributed by atoms with Gasteiger partial charge in [-0.15, -0.1) is 0 Å². The number of rotatable bonds is 5. The lowest BCUT2D eigenvalue weighted by Crippen LogP contribution is -2.36. The molecular weight excluding hydrogens is 240 g/mol. The molecule has 0 saturated carbocycles. The molecule has 0 aliphatic heterocycles. The van der Waals surface area contributed by atoms with E-state index in [-0.39, 0.29) is 17.9 Å². The van der Waals surface area contributed by atoms with Crippen LogP contribution in [-0.2, 0) is 0 Å². The summed E-state index contributed by atoms with van der Waals surface area (Å²) < 4.78 is 0. The molecule has 5 nitrogen and oxygen atoms in total. The number of nitrogens with two attached hydrogens (primary N) is 1. The van der Waals surface area contributed by atoms with E-state index < -0.39 is 0 Å². The number of anilines is 1. The van der Waals surface area contributed by atoms with Crippen molar-refractivity contribution in [3.63, 3.8) is 0 Å². The summed E-state index contributed by atoms with van der Waals surface area (Å²) >= 11 is 0. The van der Waals surface area contributed by atoms with Crippen LogP contribution < -0.4 is 5.73 Å². The van der Waals surface area contributed by atoms with Crippen LogP contribution in [0.25, 0.3) is 0 Å². The highest BCUT2D eigenvalue weighted by Gasteiger charge is 2.24. The highest BCUT2D eigenvalue weighted by atomic mass is 16.2. The Morgan fingerprint density at radius 2 is 1.89 bits per heavy atom. The van der Waals surface area contributed by atoms with Gasteiger partial charge in [0.1, 0.15) is 0 Å². The van der Waals surface area contributed by atoms with E-state index in [2.05, 4.69) is 24.0 Å². The predicted octanol–water partition coefficient (Wildman–Crippen LogP) is 2.62. The molecule has 5 heteroatoms. The third-order valence-corrected chi connectivity index (χ3v) is 3.41. The molecule has 19 heavy (non-hydrogen) atoms. The number of carbonyl (C=O) groups is 1. The van der Waals surface area contributed by atoms with Crippen LogP contribution in [0.3, 0.4) is 0 Å². The minimum absolute atomic E-state index is 0.117. The van der Waals surface area contributed by atoms with Crippen molar-refractivity contribution >= 4 is 11.6 Å². The van der Waals surface area contributed by atoms with Gasteiger partial charge in [0, 0.05) is 13.1 Å². The Hall–Kier alpha value is -1.52. The summed E-state index contributed by atoms with van der Waals surface area (Å²) in [6, 6.07) is 0.172. The summed E-state index contributed by atoms with van der Waals surface area (Å²) in [5, 5.41) is 6.94. The maximum Gasteiger partial charge on any atom is 0.276 e. The fourth-order valence-corrected chi connectivity index (χ4v) is 2.17. The number of amides is 1. The van der Waals surface area contributed by atoms with Crippen molar-refractivity contribution in [2.24, 2.45) is 5.92 Å². The van der Waals surface area contributed by atoms with Crippen LogP contribution in [0.5, 0.6) is 0 Å². The number of H-pyrrole nitrogens is 1. The molecule has 1 atom stereocenters. The number of aromatic nitrogens is 2. The number of hydrogen-bond acceptors (Lipinski definition) is 3. The Balaban J connectivity index is 2.88. The molecule has 0 radical (unpaired) electrons. The number of nitrogen functional groups attached to an aromatic ring is 1. The second-order valence-electron chi connectivity index (χ2n) is 5.95. The third kappa shape index (κ3) is 3.49. The monoisotopic (exact) mass is 266 g/mol. The van der Waals surface area contributed by atoms with Crippen LogP contribution in [0.15, 0.2) is 0 Å². The Kier molecular flexibility index (Phi) is 4.97. The van der Waals surface area contributed by atoms with E-state index in [0.29, 0.717) is 17.3 Å². The fraction of sp³-hybridized carbons (Fsp3) is 0.714. The quantitative estimate of drug-likeness (QED) is 0.860. The minimum Gasteiger partial charge on any atom is -0.395 e. The van der Waals surface area contributed by atoms with E-state index in [4.69, 9.17) is 5.73 Å². The van der Waals surface area contributed by atoms with Crippen molar-refractivity contribution in [3.05, 3.63) is 11.4 Å². The van der Waals surface area contributed by atoms with Gasteiger partial charge in [0.15, 0.2) is 5.69 Å². The lowest BCUT2D eigenvalue weighted by Gasteiger charge is -2.25. The van der Waals surface area contributed by atoms with Crippen molar-refractivity contribution in [1.29, 1.82) is 0 Å². The molecule has 0 aromatic carbocycles. The van der Waals surface area contributed by atoms with Gasteiger partial charge in [0.25, 0.3) is 5.91 Å². The number of hydrogen-bond donors (Lipinski definition) is 2. The predicted molar refractivity (Wildman–Crippen MR) is 78.1 cm³/mol. The number of carbonyl (C=O) groups excluding carboxylic acids is 1. The lowest BCUT2D eigenvalue weighted by molar-refractivity contribution is 0.0723. The number of aromatic amines is 1. The van der Waals surface area contributed by atoms with Crippen LogP contribution in [0, 0.1) is 5.92 Å². The first-order valence-electron chi connectivity index (χ1n) is 6.86. The topological polar surface area (TPSA) is 75.0 Å². The van der Waals surface area contributed by atoms with Crippen LogP contribution in [-0.4, -0.2) is 34.1 Å². The molecule has 0 aliphatic rings. The molecule has 0 aliphatic carbocycles. The molecule has 3 N–H and O–H groups in total. The van der Waals surface area contributed by atoms with E-state index in [1.54, 1.807) is 11.9 Å². The van der Waals surface area contributed by atoms with E-state index in [1.807, 2.05) is 20.8 Å². The SMILES string of the molecule is CC(C)CC(C)N(C)C(=O)c1n[nH]c(C(C)C)c1N. The fourth-order valence-electron chi connectivity index (χ4n) is 2.17. The molecule has 0 fully saturated rings. The second kappa shape index (κ2) is 6.08. The largest absolute Gasteiger partial charge is 0.395 e. The minimum atomic E-state index is -0.117. The van der Waals surface area contributed by atoms with E-state index in [1.165, 1.54) is 0 Å². The van der Waals surface area contributed by atoms with Crippen molar-refractivity contribution in [3.8, 4) is 0 Å². The zero-order valence-electron chi connectivity index (χ0n) is 12.8. The summed E-state index contributed by atoms with van der Waals surface area (Å²) in [7, 11) is 1.80. The van der Waals surface area contributed by atoms with Gasteiger partial charge in [0.05, 0.1) is 11.4 Å². The van der Waals surface area contributed by atoms with Crippen molar-refractivity contribution in [2.75, 3.05) is 12.8 Å². The molecule has 108 valence electrons. The molecule has 1 aromatic rings. The van der Waals surface area contributed by atoms with Gasteiger partial charge in [-0.25, -0.2) is 0 Å². The molecule has 0 saturated heterocycles. The van der Waals surface area contributed by atoms with Gasteiger partial charge < -0.3 is 10.6 Å². The van der Waals surface area contributed by atoms with Crippen LogP contribution in [0.1, 0.15) is 63.1 Å². The Morgan fingerprint density at radius 3 is 2.32 bits per heavy atom. The van der Waals surface area contributed by atoms with Crippen molar-refractivity contribution < 1.29 is 4.79 Å². The molecule has 1 aromatic heterocycles. The third-order valence-electron chi connectivity index (χ3n) is 3.41. The summed E-state index contributed by atoms with van der Waals surface area (Å²) in [5.41, 5.74) is 7.64. The van der Waals surface area contributed by atoms with E-state index >= 15 is 0 Å². The van der Waals surface area contributed by atoms with Gasteiger partial charge in [-0.2, -0.15) is 5.10 Å². The molecule has 1 rings (SSSR count). The van der Waals surface area contributed by atoms with E-state index in [9.17, 15) is 4.79 Å². The second-order valence-corrected chi connectivity index (χ2v) is 5.95. The highest BCUT2D eigenvalue weighted by Crippen LogP contribution is 2.23. The molecule has 1 heterocycles. The summed E-state index contributed by atoms with van der Waals surface area (Å²) in [6.45, 7) is 10.4. The van der Waals surface area contributed by atoms with Crippen LogP contribution in [0.2, 0.25) is 0 Å². The normalized spacial score (nSPS) is 13.1. The van der Waals surface area contributed by atoms with Gasteiger partial charge in [-0.3, -0.25) is 9.89 Å². The molecule has 0 spiro atoms. The Labute approximate surface area is 115 Å². The summed E-state index contributed by atoms with van der Waals surface area (Å²) in [6.07, 6.45) is 0.962. The summed E-state index contributed by atoms with van der Waals surface area (Å²) in [5.74, 6) is 0.661. The number of nitrogens with one attached hydrogen (secondary N) is 1. The molecular formula is C14H26N4O. The zero-order valence-corrected chi connectivity index (χ0v) is 12.8. The lowest BCUT2D eigenvalue weighted by atomic mass is 10.0. The highest BCUT2D eigenvalue weighted by molar-refractivity contribution is 5.97. The van der Waals surface area contributed by atoms with Gasteiger partial charge >= 0.3 is 0 Å². The first kappa shape index (κ1) is 15.5. The first-order chi connectivity index (χ1) is 8.75. The Morgan fingerprint density at radius 1 is 1.32 bits per heavy atom.